The molecule has 0 heterocycles. The van der Waals surface area contributed by atoms with E-state index in [0.717, 1.165) is 22.8 Å². The summed E-state index contributed by atoms with van der Waals surface area (Å²) in [6, 6.07) is 24.9. The Bertz CT molecular complexity index is 943. The van der Waals surface area contributed by atoms with Crippen LogP contribution in [0.3, 0.4) is 0 Å². The molecule has 0 atom stereocenters. The highest BCUT2D eigenvalue weighted by Crippen LogP contribution is 2.20. The summed E-state index contributed by atoms with van der Waals surface area (Å²) in [4.78, 5) is 4.64. The average molecular weight is 373 g/mol. The first-order valence-electron chi connectivity index (χ1n) is 9.00. The van der Waals surface area contributed by atoms with Crippen LogP contribution in [0.15, 0.2) is 95.7 Å². The topological polar surface area (TPSA) is 40.0 Å². The Kier molecular flexibility index (Phi) is 6.47. The van der Waals surface area contributed by atoms with E-state index in [1.54, 1.807) is 13.4 Å². The van der Waals surface area contributed by atoms with E-state index in [9.17, 15) is 0 Å². The highest BCUT2D eigenvalue weighted by molar-refractivity contribution is 5.96. The van der Waals surface area contributed by atoms with Crippen LogP contribution in [0.5, 0.6) is 17.2 Å². The SMILES string of the molecule is COc1ccc(O/C=C(\C)C(=Nc2ccccc2)Oc2ccc(C)cc2)cc1. The molecule has 0 aliphatic rings. The molecular formula is C24H23NO3. The Balaban J connectivity index is 1.83. The van der Waals surface area contributed by atoms with Crippen molar-refractivity contribution in [3.63, 3.8) is 0 Å². The second kappa shape index (κ2) is 9.42. The normalized spacial score (nSPS) is 11.8. The molecule has 4 nitrogen and oxygen atoms in total. The van der Waals surface area contributed by atoms with Crippen LogP contribution in [-0.2, 0) is 0 Å². The van der Waals surface area contributed by atoms with Crippen LogP contribution in [0.2, 0.25) is 0 Å². The minimum atomic E-state index is 0.476. The lowest BCUT2D eigenvalue weighted by Gasteiger charge is -2.11. The Labute approximate surface area is 165 Å². The number of ether oxygens (including phenoxy) is 3. The van der Waals surface area contributed by atoms with E-state index < -0.39 is 0 Å². The summed E-state index contributed by atoms with van der Waals surface area (Å²) < 4.78 is 17.0. The van der Waals surface area contributed by atoms with Gasteiger partial charge in [0.25, 0.3) is 0 Å². The molecule has 0 N–H and O–H groups in total. The van der Waals surface area contributed by atoms with Crippen molar-refractivity contribution in [1.29, 1.82) is 0 Å². The highest BCUT2D eigenvalue weighted by atomic mass is 16.5. The van der Waals surface area contributed by atoms with Crippen molar-refractivity contribution in [1.82, 2.24) is 0 Å². The molecule has 0 fully saturated rings. The third-order valence-corrected chi connectivity index (χ3v) is 3.99. The van der Waals surface area contributed by atoms with Crippen LogP contribution >= 0.6 is 0 Å². The predicted molar refractivity (Wildman–Crippen MR) is 113 cm³/mol. The Morgan fingerprint density at radius 2 is 1.39 bits per heavy atom. The van der Waals surface area contributed by atoms with Gasteiger partial charge in [0.1, 0.15) is 17.2 Å². The number of nitrogens with zero attached hydrogens (tertiary/aromatic N) is 1. The van der Waals surface area contributed by atoms with Gasteiger partial charge >= 0.3 is 0 Å². The fraction of sp³-hybridized carbons (Fsp3) is 0.125. The maximum Gasteiger partial charge on any atom is 0.225 e. The molecule has 4 heteroatoms. The van der Waals surface area contributed by atoms with E-state index in [-0.39, 0.29) is 0 Å². The van der Waals surface area contributed by atoms with Crippen LogP contribution in [0.1, 0.15) is 12.5 Å². The first-order valence-corrected chi connectivity index (χ1v) is 9.00. The van der Waals surface area contributed by atoms with Gasteiger partial charge in [0.2, 0.25) is 5.90 Å². The molecule has 0 saturated heterocycles. The molecular weight excluding hydrogens is 350 g/mol. The number of aryl methyl sites for hydroxylation is 1. The summed E-state index contributed by atoms with van der Waals surface area (Å²) in [5, 5.41) is 0. The molecule has 0 aromatic heterocycles. The molecule has 3 aromatic carbocycles. The average Bonchev–Trinajstić information content (AvgIpc) is 2.74. The summed E-state index contributed by atoms with van der Waals surface area (Å²) in [6.45, 7) is 3.94. The fourth-order valence-corrected chi connectivity index (χ4v) is 2.39. The van der Waals surface area contributed by atoms with Gasteiger partial charge in [-0.05, 0) is 62.4 Å². The van der Waals surface area contributed by atoms with Gasteiger partial charge in [-0.3, -0.25) is 0 Å². The zero-order chi connectivity index (χ0) is 19.8. The summed E-state index contributed by atoms with van der Waals surface area (Å²) >= 11 is 0. The van der Waals surface area contributed by atoms with Crippen LogP contribution in [0.4, 0.5) is 5.69 Å². The molecule has 0 unspecified atom stereocenters. The first-order chi connectivity index (χ1) is 13.6. The Morgan fingerprint density at radius 1 is 0.786 bits per heavy atom. The maximum absolute atomic E-state index is 6.04. The summed E-state index contributed by atoms with van der Waals surface area (Å²) in [6.07, 6.45) is 1.64. The van der Waals surface area contributed by atoms with Crippen molar-refractivity contribution in [2.45, 2.75) is 13.8 Å². The number of para-hydroxylation sites is 1. The third-order valence-electron chi connectivity index (χ3n) is 3.99. The third kappa shape index (κ3) is 5.48. The van der Waals surface area contributed by atoms with Crippen molar-refractivity contribution >= 4 is 11.6 Å². The van der Waals surface area contributed by atoms with E-state index >= 15 is 0 Å². The molecule has 0 spiro atoms. The zero-order valence-corrected chi connectivity index (χ0v) is 16.3. The Morgan fingerprint density at radius 3 is 2.04 bits per heavy atom. The van der Waals surface area contributed by atoms with Crippen LogP contribution in [-0.4, -0.2) is 13.0 Å². The van der Waals surface area contributed by atoms with Crippen LogP contribution in [0, 0.1) is 6.92 Å². The van der Waals surface area contributed by atoms with Crippen molar-refractivity contribution in [2.24, 2.45) is 4.99 Å². The zero-order valence-electron chi connectivity index (χ0n) is 16.3. The number of hydrogen-bond donors (Lipinski definition) is 0. The molecule has 142 valence electrons. The maximum atomic E-state index is 6.04. The van der Waals surface area contributed by atoms with E-state index in [0.29, 0.717) is 11.6 Å². The van der Waals surface area contributed by atoms with Gasteiger partial charge in [0.15, 0.2) is 0 Å². The van der Waals surface area contributed by atoms with Gasteiger partial charge in [0.05, 0.1) is 19.1 Å². The lowest BCUT2D eigenvalue weighted by molar-refractivity contribution is 0.412. The van der Waals surface area contributed by atoms with Crippen LogP contribution < -0.4 is 14.2 Å². The lowest BCUT2D eigenvalue weighted by Crippen LogP contribution is -2.11. The monoisotopic (exact) mass is 373 g/mol. The summed E-state index contributed by atoms with van der Waals surface area (Å²) in [7, 11) is 1.63. The van der Waals surface area contributed by atoms with Crippen molar-refractivity contribution in [2.75, 3.05) is 7.11 Å². The summed E-state index contributed by atoms with van der Waals surface area (Å²) in [5.41, 5.74) is 2.74. The number of benzene rings is 3. The lowest BCUT2D eigenvalue weighted by atomic mass is 10.2. The molecule has 3 rings (SSSR count). The van der Waals surface area contributed by atoms with E-state index in [1.807, 2.05) is 92.7 Å². The smallest absolute Gasteiger partial charge is 0.225 e. The quantitative estimate of drug-likeness (QED) is 0.298. The predicted octanol–water partition coefficient (Wildman–Crippen LogP) is 6.10. The number of methoxy groups -OCH3 is 1. The van der Waals surface area contributed by atoms with Gasteiger partial charge in [-0.1, -0.05) is 35.9 Å². The molecule has 0 saturated carbocycles. The Hall–Kier alpha value is -3.53. The minimum absolute atomic E-state index is 0.476. The fourth-order valence-electron chi connectivity index (χ4n) is 2.39. The van der Waals surface area contributed by atoms with Gasteiger partial charge < -0.3 is 14.2 Å². The van der Waals surface area contributed by atoms with Gasteiger partial charge in [0, 0.05) is 5.57 Å². The molecule has 0 amide bonds. The van der Waals surface area contributed by atoms with Gasteiger partial charge in [-0.15, -0.1) is 0 Å². The standard InChI is InChI=1S/C24H23NO3/c1-18-9-11-23(12-10-18)28-24(25-20-7-5-4-6-8-20)19(2)17-27-22-15-13-21(26-3)14-16-22/h4-17H,1-3H3/b19-17+,25-24?. The number of hydrogen-bond acceptors (Lipinski definition) is 4. The number of aliphatic imine (C=N–C) groups is 1. The first kappa shape index (κ1) is 19.2. The summed E-state index contributed by atoms with van der Waals surface area (Å²) in [5.74, 6) is 2.68. The molecule has 0 radical (unpaired) electrons. The van der Waals surface area contributed by atoms with Gasteiger partial charge in [-0.2, -0.15) is 0 Å². The van der Waals surface area contributed by atoms with Crippen molar-refractivity contribution in [3.8, 4) is 17.2 Å². The number of rotatable bonds is 6. The minimum Gasteiger partial charge on any atom is -0.497 e. The second-order valence-corrected chi connectivity index (χ2v) is 6.26. The van der Waals surface area contributed by atoms with Crippen LogP contribution in [0.25, 0.3) is 0 Å². The van der Waals surface area contributed by atoms with Crippen molar-refractivity contribution < 1.29 is 14.2 Å². The molecule has 28 heavy (non-hydrogen) atoms. The molecule has 0 aliphatic heterocycles. The highest BCUT2D eigenvalue weighted by Gasteiger charge is 2.08. The second-order valence-electron chi connectivity index (χ2n) is 6.26. The van der Waals surface area contributed by atoms with E-state index in [1.165, 1.54) is 5.56 Å². The van der Waals surface area contributed by atoms with Crippen molar-refractivity contribution in [3.05, 3.63) is 96.3 Å². The molecule has 0 bridgehead atoms. The molecule has 3 aromatic rings. The van der Waals surface area contributed by atoms with E-state index in [2.05, 4.69) is 4.99 Å². The molecule has 0 aliphatic carbocycles. The largest absolute Gasteiger partial charge is 0.497 e. The van der Waals surface area contributed by atoms with Gasteiger partial charge in [-0.25, -0.2) is 4.99 Å². The van der Waals surface area contributed by atoms with E-state index in [4.69, 9.17) is 14.2 Å².